The number of aromatic nitrogens is 1. The van der Waals surface area contributed by atoms with Crippen molar-refractivity contribution in [1.29, 1.82) is 0 Å². The quantitative estimate of drug-likeness (QED) is 0.746. The Balaban J connectivity index is 2.43. The van der Waals surface area contributed by atoms with Crippen LogP contribution >= 0.6 is 0 Å². The SMILES string of the molecule is CC(C)c1ccc(-c2ncccc2C=O)cc1. The van der Waals surface area contributed by atoms with Gasteiger partial charge in [-0.3, -0.25) is 9.78 Å². The number of carbonyl (C=O) groups excluding carboxylic acids is 1. The minimum Gasteiger partial charge on any atom is -0.298 e. The highest BCUT2D eigenvalue weighted by molar-refractivity contribution is 5.85. The predicted octanol–water partition coefficient (Wildman–Crippen LogP) is 3.68. The highest BCUT2D eigenvalue weighted by Crippen LogP contribution is 2.22. The van der Waals surface area contributed by atoms with E-state index in [0.29, 0.717) is 11.5 Å². The zero-order valence-electron chi connectivity index (χ0n) is 10.1. The summed E-state index contributed by atoms with van der Waals surface area (Å²) in [6, 6.07) is 11.8. The van der Waals surface area contributed by atoms with Crippen LogP contribution < -0.4 is 0 Å². The Morgan fingerprint density at radius 3 is 2.41 bits per heavy atom. The van der Waals surface area contributed by atoms with E-state index in [9.17, 15) is 4.79 Å². The van der Waals surface area contributed by atoms with E-state index in [1.54, 1.807) is 18.3 Å². The van der Waals surface area contributed by atoms with Crippen LogP contribution in [0.15, 0.2) is 42.6 Å². The highest BCUT2D eigenvalue weighted by Gasteiger charge is 2.06. The Hall–Kier alpha value is -1.96. The Morgan fingerprint density at radius 2 is 1.82 bits per heavy atom. The summed E-state index contributed by atoms with van der Waals surface area (Å²) in [6.45, 7) is 4.32. The van der Waals surface area contributed by atoms with Crippen LogP contribution in [0, 0.1) is 0 Å². The smallest absolute Gasteiger partial charge is 0.152 e. The van der Waals surface area contributed by atoms with E-state index < -0.39 is 0 Å². The standard InChI is InChI=1S/C15H15NO/c1-11(2)12-5-7-13(8-6-12)15-14(10-17)4-3-9-16-15/h3-11H,1-2H3. The van der Waals surface area contributed by atoms with Crippen molar-refractivity contribution in [2.24, 2.45) is 0 Å². The van der Waals surface area contributed by atoms with E-state index in [4.69, 9.17) is 0 Å². The number of benzene rings is 1. The van der Waals surface area contributed by atoms with E-state index in [1.165, 1.54) is 5.56 Å². The van der Waals surface area contributed by atoms with Gasteiger partial charge in [0.15, 0.2) is 6.29 Å². The van der Waals surface area contributed by atoms with Gasteiger partial charge in [-0.15, -0.1) is 0 Å². The molecule has 0 aliphatic heterocycles. The molecule has 2 rings (SSSR count). The zero-order chi connectivity index (χ0) is 12.3. The normalized spacial score (nSPS) is 10.5. The molecule has 0 atom stereocenters. The lowest BCUT2D eigenvalue weighted by Crippen LogP contribution is -1.92. The molecule has 0 saturated heterocycles. The molecule has 0 saturated carbocycles. The topological polar surface area (TPSA) is 30.0 Å². The predicted molar refractivity (Wildman–Crippen MR) is 69.1 cm³/mol. The molecule has 0 amide bonds. The first-order valence-electron chi connectivity index (χ1n) is 5.73. The number of hydrogen-bond acceptors (Lipinski definition) is 2. The fourth-order valence-electron chi connectivity index (χ4n) is 1.78. The molecule has 0 radical (unpaired) electrons. The molecular formula is C15H15NO. The number of aldehydes is 1. The number of pyridine rings is 1. The second-order valence-corrected chi connectivity index (χ2v) is 4.34. The molecule has 17 heavy (non-hydrogen) atoms. The van der Waals surface area contributed by atoms with E-state index in [0.717, 1.165) is 17.5 Å². The van der Waals surface area contributed by atoms with Crippen LogP contribution in [0.25, 0.3) is 11.3 Å². The van der Waals surface area contributed by atoms with Crippen LogP contribution in [-0.4, -0.2) is 11.3 Å². The molecule has 1 aromatic carbocycles. The fraction of sp³-hybridized carbons (Fsp3) is 0.200. The third-order valence-electron chi connectivity index (χ3n) is 2.82. The van der Waals surface area contributed by atoms with E-state index in [1.807, 2.05) is 12.1 Å². The third-order valence-corrected chi connectivity index (χ3v) is 2.82. The largest absolute Gasteiger partial charge is 0.298 e. The van der Waals surface area contributed by atoms with Crippen LogP contribution in [0.2, 0.25) is 0 Å². The molecule has 2 heteroatoms. The number of nitrogens with zero attached hydrogens (tertiary/aromatic N) is 1. The Labute approximate surface area is 101 Å². The molecule has 0 bridgehead atoms. The summed E-state index contributed by atoms with van der Waals surface area (Å²) in [6.07, 6.45) is 2.55. The molecular weight excluding hydrogens is 210 g/mol. The van der Waals surface area contributed by atoms with Crippen molar-refractivity contribution in [3.8, 4) is 11.3 Å². The van der Waals surface area contributed by atoms with Gasteiger partial charge in [0.05, 0.1) is 5.69 Å². The first-order valence-corrected chi connectivity index (χ1v) is 5.73. The van der Waals surface area contributed by atoms with Crippen LogP contribution in [0.1, 0.15) is 35.7 Å². The summed E-state index contributed by atoms with van der Waals surface area (Å²) >= 11 is 0. The lowest BCUT2D eigenvalue weighted by atomic mass is 9.99. The Morgan fingerprint density at radius 1 is 1.12 bits per heavy atom. The van der Waals surface area contributed by atoms with Gasteiger partial charge in [0.2, 0.25) is 0 Å². The van der Waals surface area contributed by atoms with Crippen molar-refractivity contribution < 1.29 is 4.79 Å². The second kappa shape index (κ2) is 4.91. The maximum atomic E-state index is 10.9. The number of rotatable bonds is 3. The van der Waals surface area contributed by atoms with Gasteiger partial charge in [-0.1, -0.05) is 38.1 Å². The molecule has 1 aromatic heterocycles. The summed E-state index contributed by atoms with van der Waals surface area (Å²) in [5.74, 6) is 0.512. The van der Waals surface area contributed by atoms with Crippen molar-refractivity contribution >= 4 is 6.29 Å². The molecule has 0 aliphatic carbocycles. The Bertz CT molecular complexity index is 515. The number of carbonyl (C=O) groups is 1. The molecule has 0 unspecified atom stereocenters. The highest BCUT2D eigenvalue weighted by atomic mass is 16.1. The van der Waals surface area contributed by atoms with Gasteiger partial charge in [-0.05, 0) is 23.6 Å². The number of hydrogen-bond donors (Lipinski definition) is 0. The maximum absolute atomic E-state index is 10.9. The van der Waals surface area contributed by atoms with Gasteiger partial charge in [0, 0.05) is 17.3 Å². The van der Waals surface area contributed by atoms with Gasteiger partial charge >= 0.3 is 0 Å². The van der Waals surface area contributed by atoms with Crippen molar-refractivity contribution in [2.45, 2.75) is 19.8 Å². The van der Waals surface area contributed by atoms with Crippen molar-refractivity contribution in [3.05, 3.63) is 53.7 Å². The van der Waals surface area contributed by atoms with Gasteiger partial charge in [0.25, 0.3) is 0 Å². The first kappa shape index (κ1) is 11.5. The molecule has 2 aromatic rings. The van der Waals surface area contributed by atoms with Crippen LogP contribution in [0.3, 0.4) is 0 Å². The zero-order valence-corrected chi connectivity index (χ0v) is 10.1. The fourth-order valence-corrected chi connectivity index (χ4v) is 1.78. The summed E-state index contributed by atoms with van der Waals surface area (Å²) in [5.41, 5.74) is 3.65. The van der Waals surface area contributed by atoms with Gasteiger partial charge in [0.1, 0.15) is 0 Å². The van der Waals surface area contributed by atoms with Crippen LogP contribution in [0.5, 0.6) is 0 Å². The first-order chi connectivity index (χ1) is 8.22. The van der Waals surface area contributed by atoms with Crippen molar-refractivity contribution in [3.63, 3.8) is 0 Å². The Kier molecular flexibility index (Phi) is 3.33. The lowest BCUT2D eigenvalue weighted by molar-refractivity contribution is 0.112. The minimum atomic E-state index is 0.512. The van der Waals surface area contributed by atoms with Gasteiger partial charge in [-0.25, -0.2) is 0 Å². The summed E-state index contributed by atoms with van der Waals surface area (Å²) in [7, 11) is 0. The molecule has 0 aliphatic rings. The van der Waals surface area contributed by atoms with Crippen LogP contribution in [-0.2, 0) is 0 Å². The average molecular weight is 225 g/mol. The minimum absolute atomic E-state index is 0.512. The molecule has 0 fully saturated rings. The molecule has 2 nitrogen and oxygen atoms in total. The molecule has 1 heterocycles. The third kappa shape index (κ3) is 2.41. The van der Waals surface area contributed by atoms with E-state index in [-0.39, 0.29) is 0 Å². The summed E-state index contributed by atoms with van der Waals surface area (Å²) in [5, 5.41) is 0. The molecule has 0 N–H and O–H groups in total. The monoisotopic (exact) mass is 225 g/mol. The lowest BCUT2D eigenvalue weighted by Gasteiger charge is -2.07. The summed E-state index contributed by atoms with van der Waals surface area (Å²) in [4.78, 5) is 15.2. The van der Waals surface area contributed by atoms with Crippen LogP contribution in [0.4, 0.5) is 0 Å². The van der Waals surface area contributed by atoms with Crippen molar-refractivity contribution in [2.75, 3.05) is 0 Å². The van der Waals surface area contributed by atoms with Gasteiger partial charge < -0.3 is 0 Å². The van der Waals surface area contributed by atoms with Crippen molar-refractivity contribution in [1.82, 2.24) is 4.98 Å². The second-order valence-electron chi connectivity index (χ2n) is 4.34. The molecule has 86 valence electrons. The molecule has 0 spiro atoms. The maximum Gasteiger partial charge on any atom is 0.152 e. The van der Waals surface area contributed by atoms with Gasteiger partial charge in [-0.2, -0.15) is 0 Å². The van der Waals surface area contributed by atoms with E-state index in [2.05, 4.69) is 31.0 Å². The summed E-state index contributed by atoms with van der Waals surface area (Å²) < 4.78 is 0. The average Bonchev–Trinajstić information content (AvgIpc) is 2.39. The van der Waals surface area contributed by atoms with E-state index >= 15 is 0 Å².